The normalized spacial score (nSPS) is 14.0. The first-order valence-corrected chi connectivity index (χ1v) is 7.03. The third-order valence-electron chi connectivity index (χ3n) is 3.03. The monoisotopic (exact) mass is 305 g/mol. The van der Waals surface area contributed by atoms with Crippen LogP contribution in [0.1, 0.15) is 31.9 Å². The number of carbonyl (C=O) groups is 2. The average Bonchev–Trinajstić information content (AvgIpc) is 2.39. The molecule has 0 aliphatic carbocycles. The zero-order valence-electron chi connectivity index (χ0n) is 13.3. The Morgan fingerprint density at radius 2 is 1.73 bits per heavy atom. The van der Waals surface area contributed by atoms with Gasteiger partial charge in [0, 0.05) is 6.42 Å². The van der Waals surface area contributed by atoms with Gasteiger partial charge in [-0.25, -0.2) is 9.59 Å². The molecule has 0 aromatic heterocycles. The lowest BCUT2D eigenvalue weighted by Crippen LogP contribution is -2.58. The Balaban J connectivity index is 2.98. The van der Waals surface area contributed by atoms with Crippen LogP contribution in [0.2, 0.25) is 0 Å². The van der Waals surface area contributed by atoms with E-state index in [0.29, 0.717) is 5.56 Å². The van der Waals surface area contributed by atoms with Gasteiger partial charge >= 0.3 is 11.9 Å². The van der Waals surface area contributed by atoms with Crippen LogP contribution in [0.25, 0.3) is 0 Å². The van der Waals surface area contributed by atoms with Gasteiger partial charge in [0.05, 0.1) is 0 Å². The fourth-order valence-corrected chi connectivity index (χ4v) is 1.89. The summed E-state index contributed by atoms with van der Waals surface area (Å²) in [5.74, 6) is -2.35. The minimum Gasteiger partial charge on any atom is -0.479 e. The van der Waals surface area contributed by atoms with Crippen molar-refractivity contribution in [3.8, 4) is 0 Å². The van der Waals surface area contributed by atoms with Gasteiger partial charge < -0.3 is 15.6 Å². The van der Waals surface area contributed by atoms with E-state index in [1.807, 2.05) is 12.1 Å². The van der Waals surface area contributed by atoms with E-state index in [4.69, 9.17) is 10.5 Å². The number of rotatable bonds is 6. The Morgan fingerprint density at radius 1 is 1.23 bits per heavy atom. The highest BCUT2D eigenvalue weighted by Crippen LogP contribution is 2.18. The molecule has 0 aliphatic heterocycles. The number of hydrogen-bond donors (Lipinski definition) is 2. The van der Waals surface area contributed by atoms with Crippen molar-refractivity contribution < 1.29 is 19.4 Å². The molecule has 0 aliphatic rings. The molecule has 0 spiro atoms. The minimum atomic E-state index is -2.10. The zero-order chi connectivity index (χ0) is 17.0. The maximum Gasteiger partial charge on any atom is 0.338 e. The van der Waals surface area contributed by atoms with Crippen LogP contribution < -0.4 is 5.73 Å². The number of hydrogen-bond acceptors (Lipinski definition) is 4. The summed E-state index contributed by atoms with van der Waals surface area (Å²) in [4.78, 5) is 23.6. The molecule has 0 amide bonds. The standard InChI is InChI=1S/C17H23NO4/c1-5-6-12-7-9-13(10-8-12)11-17(18,14(19)20)15(21)22-16(2,3)4/h5,7-10H,1,6,11,18H2,2-4H3,(H,19,20). The molecule has 5 nitrogen and oxygen atoms in total. The van der Waals surface area contributed by atoms with E-state index in [-0.39, 0.29) is 6.42 Å². The molecule has 1 atom stereocenters. The number of esters is 1. The average molecular weight is 305 g/mol. The summed E-state index contributed by atoms with van der Waals surface area (Å²) in [6.45, 7) is 8.65. The van der Waals surface area contributed by atoms with Crippen LogP contribution in [0.15, 0.2) is 36.9 Å². The highest BCUT2D eigenvalue weighted by molar-refractivity contribution is 6.04. The SMILES string of the molecule is C=CCc1ccc(CC(N)(C(=O)O)C(=O)OC(C)(C)C)cc1. The van der Waals surface area contributed by atoms with Gasteiger partial charge in [0.1, 0.15) is 5.60 Å². The fourth-order valence-electron chi connectivity index (χ4n) is 1.89. The smallest absolute Gasteiger partial charge is 0.338 e. The predicted molar refractivity (Wildman–Crippen MR) is 84.4 cm³/mol. The number of carboxylic acid groups (broad SMARTS) is 1. The second kappa shape index (κ2) is 6.75. The summed E-state index contributed by atoms with van der Waals surface area (Å²) in [5, 5.41) is 9.36. The number of carbonyl (C=O) groups excluding carboxylic acids is 1. The highest BCUT2D eigenvalue weighted by atomic mass is 16.6. The lowest BCUT2D eigenvalue weighted by Gasteiger charge is -2.28. The number of ether oxygens (including phenoxy) is 1. The molecule has 5 heteroatoms. The summed E-state index contributed by atoms with van der Waals surface area (Å²) >= 11 is 0. The third kappa shape index (κ3) is 4.70. The first-order valence-electron chi connectivity index (χ1n) is 7.03. The van der Waals surface area contributed by atoms with E-state index in [2.05, 4.69) is 6.58 Å². The second-order valence-corrected chi connectivity index (χ2v) is 6.26. The number of allylic oxidation sites excluding steroid dienone is 1. The quantitative estimate of drug-likeness (QED) is 0.477. The molecule has 0 bridgehead atoms. The first kappa shape index (κ1) is 17.9. The van der Waals surface area contributed by atoms with Crippen molar-refractivity contribution in [1.82, 2.24) is 0 Å². The molecule has 0 fully saturated rings. The van der Waals surface area contributed by atoms with E-state index in [0.717, 1.165) is 12.0 Å². The van der Waals surface area contributed by atoms with Crippen molar-refractivity contribution in [2.75, 3.05) is 0 Å². The van der Waals surface area contributed by atoms with Gasteiger partial charge in [-0.3, -0.25) is 0 Å². The predicted octanol–water partition coefficient (Wildman–Crippen LogP) is 2.08. The van der Waals surface area contributed by atoms with Crippen LogP contribution in [-0.2, 0) is 27.2 Å². The summed E-state index contributed by atoms with van der Waals surface area (Å²) < 4.78 is 5.14. The summed E-state index contributed by atoms with van der Waals surface area (Å²) in [6.07, 6.45) is 2.37. The zero-order valence-corrected chi connectivity index (χ0v) is 13.3. The van der Waals surface area contributed by atoms with Crippen molar-refractivity contribution in [2.24, 2.45) is 5.73 Å². The van der Waals surface area contributed by atoms with E-state index >= 15 is 0 Å². The van der Waals surface area contributed by atoms with Crippen molar-refractivity contribution >= 4 is 11.9 Å². The molecular formula is C17H23NO4. The van der Waals surface area contributed by atoms with Crippen molar-refractivity contribution in [3.05, 3.63) is 48.0 Å². The third-order valence-corrected chi connectivity index (χ3v) is 3.03. The summed E-state index contributed by atoms with van der Waals surface area (Å²) in [5.41, 5.74) is 4.63. The van der Waals surface area contributed by atoms with Gasteiger partial charge in [-0.15, -0.1) is 6.58 Å². The van der Waals surface area contributed by atoms with E-state index in [1.54, 1.807) is 39.0 Å². The Hall–Kier alpha value is -2.14. The molecule has 0 heterocycles. The molecule has 120 valence electrons. The number of aliphatic carboxylic acids is 1. The van der Waals surface area contributed by atoms with Gasteiger partial charge in [0.15, 0.2) is 0 Å². The number of nitrogens with two attached hydrogens (primary N) is 1. The lowest BCUT2D eigenvalue weighted by molar-refractivity contribution is -0.169. The number of carboxylic acids is 1. The molecule has 1 unspecified atom stereocenters. The molecule has 3 N–H and O–H groups in total. The Morgan fingerprint density at radius 3 is 2.14 bits per heavy atom. The van der Waals surface area contributed by atoms with E-state index in [9.17, 15) is 14.7 Å². The van der Waals surface area contributed by atoms with Crippen molar-refractivity contribution in [3.63, 3.8) is 0 Å². The fraction of sp³-hybridized carbons (Fsp3) is 0.412. The van der Waals surface area contributed by atoms with Crippen LogP contribution >= 0.6 is 0 Å². The molecule has 0 radical (unpaired) electrons. The van der Waals surface area contributed by atoms with Crippen LogP contribution in [0.3, 0.4) is 0 Å². The molecule has 1 rings (SSSR count). The van der Waals surface area contributed by atoms with Crippen LogP contribution in [0.5, 0.6) is 0 Å². The highest BCUT2D eigenvalue weighted by Gasteiger charge is 2.45. The van der Waals surface area contributed by atoms with E-state index in [1.165, 1.54) is 0 Å². The second-order valence-electron chi connectivity index (χ2n) is 6.26. The van der Waals surface area contributed by atoms with Crippen LogP contribution in [-0.4, -0.2) is 28.2 Å². The van der Waals surface area contributed by atoms with Gasteiger partial charge in [-0.2, -0.15) is 0 Å². The molecular weight excluding hydrogens is 282 g/mol. The van der Waals surface area contributed by atoms with E-state index < -0.39 is 23.1 Å². The van der Waals surface area contributed by atoms with Crippen molar-refractivity contribution in [1.29, 1.82) is 0 Å². The van der Waals surface area contributed by atoms with Gasteiger partial charge in [-0.1, -0.05) is 30.3 Å². The van der Waals surface area contributed by atoms with Gasteiger partial charge in [0.25, 0.3) is 0 Å². The topological polar surface area (TPSA) is 89.6 Å². The minimum absolute atomic E-state index is 0.133. The van der Waals surface area contributed by atoms with Crippen LogP contribution in [0, 0.1) is 0 Å². The summed E-state index contributed by atoms with van der Waals surface area (Å²) in [6, 6.07) is 7.23. The molecule has 0 saturated carbocycles. The lowest BCUT2D eigenvalue weighted by atomic mass is 9.91. The molecule has 22 heavy (non-hydrogen) atoms. The Kier molecular flexibility index (Phi) is 5.49. The summed E-state index contributed by atoms with van der Waals surface area (Å²) in [7, 11) is 0. The Labute approximate surface area is 130 Å². The van der Waals surface area contributed by atoms with Crippen LogP contribution in [0.4, 0.5) is 0 Å². The van der Waals surface area contributed by atoms with Crippen molar-refractivity contribution in [2.45, 2.75) is 44.8 Å². The Bertz CT molecular complexity index is 557. The first-order chi connectivity index (χ1) is 10.1. The maximum atomic E-state index is 12.2. The number of benzene rings is 1. The van der Waals surface area contributed by atoms with Gasteiger partial charge in [-0.05, 0) is 38.3 Å². The molecule has 0 saturated heterocycles. The molecule has 1 aromatic carbocycles. The van der Waals surface area contributed by atoms with Gasteiger partial charge in [0.2, 0.25) is 5.54 Å². The largest absolute Gasteiger partial charge is 0.479 e. The molecule has 1 aromatic rings. The maximum absolute atomic E-state index is 12.2.